The Morgan fingerprint density at radius 2 is 2.22 bits per heavy atom. The molecule has 0 aromatic rings. The number of hydrogen-bond acceptors (Lipinski definition) is 2. The molecule has 1 atom stereocenters. The Labute approximate surface area is 55.8 Å². The summed E-state index contributed by atoms with van der Waals surface area (Å²) >= 11 is 0. The normalized spacial score (nSPS) is 43.7. The SMILES string of the molecule is CN1CCCC12CCO2. The monoisotopic (exact) mass is 127 g/mol. The molecule has 0 aliphatic carbocycles. The predicted octanol–water partition coefficient (Wildman–Crippen LogP) is 0.829. The molecular weight excluding hydrogens is 114 g/mol. The molecule has 2 nitrogen and oxygen atoms in total. The fourth-order valence-electron chi connectivity index (χ4n) is 1.82. The Morgan fingerprint density at radius 3 is 2.44 bits per heavy atom. The third kappa shape index (κ3) is 0.634. The smallest absolute Gasteiger partial charge is 0.123 e. The van der Waals surface area contributed by atoms with Crippen LogP contribution in [0.2, 0.25) is 0 Å². The molecule has 2 heterocycles. The van der Waals surface area contributed by atoms with Crippen LogP contribution in [0, 0.1) is 0 Å². The van der Waals surface area contributed by atoms with Gasteiger partial charge in [0, 0.05) is 13.0 Å². The number of hydrogen-bond donors (Lipinski definition) is 0. The largest absolute Gasteiger partial charge is 0.360 e. The molecule has 0 saturated carbocycles. The minimum Gasteiger partial charge on any atom is -0.360 e. The average molecular weight is 127 g/mol. The maximum absolute atomic E-state index is 5.52. The van der Waals surface area contributed by atoms with E-state index in [1.165, 1.54) is 25.8 Å². The first kappa shape index (κ1) is 5.69. The van der Waals surface area contributed by atoms with Crippen molar-refractivity contribution in [2.75, 3.05) is 20.2 Å². The lowest BCUT2D eigenvalue weighted by Gasteiger charge is -2.43. The second-order valence-corrected chi connectivity index (χ2v) is 3.07. The van der Waals surface area contributed by atoms with Crippen LogP contribution < -0.4 is 0 Å². The van der Waals surface area contributed by atoms with E-state index in [0.29, 0.717) is 0 Å². The van der Waals surface area contributed by atoms with Crippen LogP contribution in [0.25, 0.3) is 0 Å². The molecule has 0 N–H and O–H groups in total. The van der Waals surface area contributed by atoms with Gasteiger partial charge in [0.05, 0.1) is 6.61 Å². The second kappa shape index (κ2) is 1.70. The quantitative estimate of drug-likeness (QED) is 0.478. The van der Waals surface area contributed by atoms with Crippen molar-refractivity contribution in [3.05, 3.63) is 0 Å². The van der Waals surface area contributed by atoms with Crippen LogP contribution in [0.1, 0.15) is 19.3 Å². The van der Waals surface area contributed by atoms with Crippen LogP contribution in [0.5, 0.6) is 0 Å². The van der Waals surface area contributed by atoms with E-state index in [9.17, 15) is 0 Å². The van der Waals surface area contributed by atoms with Crippen LogP contribution in [0.3, 0.4) is 0 Å². The molecule has 2 aliphatic rings. The molecular formula is C7H13NO. The highest BCUT2D eigenvalue weighted by atomic mass is 16.5. The summed E-state index contributed by atoms with van der Waals surface area (Å²) in [4.78, 5) is 2.34. The van der Waals surface area contributed by atoms with E-state index in [0.717, 1.165) is 6.61 Å². The van der Waals surface area contributed by atoms with Gasteiger partial charge < -0.3 is 4.74 Å². The van der Waals surface area contributed by atoms with Gasteiger partial charge in [-0.1, -0.05) is 0 Å². The highest BCUT2D eigenvalue weighted by molar-refractivity contribution is 4.90. The first-order valence-corrected chi connectivity index (χ1v) is 3.69. The molecule has 2 rings (SSSR count). The van der Waals surface area contributed by atoms with Crippen molar-refractivity contribution in [3.63, 3.8) is 0 Å². The third-order valence-corrected chi connectivity index (χ3v) is 2.62. The standard InChI is InChI=1S/C7H13NO/c1-8-5-2-3-7(8)4-6-9-7/h2-6H2,1H3. The maximum Gasteiger partial charge on any atom is 0.123 e. The van der Waals surface area contributed by atoms with Crippen molar-refractivity contribution in [3.8, 4) is 0 Å². The van der Waals surface area contributed by atoms with Crippen LogP contribution in [0.15, 0.2) is 0 Å². The van der Waals surface area contributed by atoms with E-state index in [1.54, 1.807) is 0 Å². The Morgan fingerprint density at radius 1 is 1.44 bits per heavy atom. The van der Waals surface area contributed by atoms with Gasteiger partial charge in [-0.3, -0.25) is 4.90 Å². The Bertz CT molecular complexity index is 120. The third-order valence-electron chi connectivity index (χ3n) is 2.62. The molecule has 0 bridgehead atoms. The number of rotatable bonds is 0. The summed E-state index contributed by atoms with van der Waals surface area (Å²) in [5, 5.41) is 0. The zero-order valence-corrected chi connectivity index (χ0v) is 5.89. The summed E-state index contributed by atoms with van der Waals surface area (Å²) in [6, 6.07) is 0. The summed E-state index contributed by atoms with van der Waals surface area (Å²) in [7, 11) is 2.16. The van der Waals surface area contributed by atoms with Crippen molar-refractivity contribution in [2.45, 2.75) is 25.0 Å². The van der Waals surface area contributed by atoms with Crippen LogP contribution in [-0.2, 0) is 4.74 Å². The van der Waals surface area contributed by atoms with Crippen molar-refractivity contribution >= 4 is 0 Å². The van der Waals surface area contributed by atoms with E-state index in [-0.39, 0.29) is 5.72 Å². The molecule has 2 aliphatic heterocycles. The van der Waals surface area contributed by atoms with Gasteiger partial charge in [0.1, 0.15) is 5.72 Å². The topological polar surface area (TPSA) is 12.5 Å². The fourth-order valence-corrected chi connectivity index (χ4v) is 1.82. The lowest BCUT2D eigenvalue weighted by atomic mass is 10.0. The molecule has 2 heteroatoms. The molecule has 0 aromatic carbocycles. The highest BCUT2D eigenvalue weighted by Gasteiger charge is 2.44. The van der Waals surface area contributed by atoms with Gasteiger partial charge in [-0.15, -0.1) is 0 Å². The van der Waals surface area contributed by atoms with Gasteiger partial charge in [-0.2, -0.15) is 0 Å². The molecule has 9 heavy (non-hydrogen) atoms. The van der Waals surface area contributed by atoms with Gasteiger partial charge in [0.15, 0.2) is 0 Å². The number of nitrogens with zero attached hydrogens (tertiary/aromatic N) is 1. The first-order valence-electron chi connectivity index (χ1n) is 3.69. The molecule has 0 aromatic heterocycles. The minimum absolute atomic E-state index is 0.208. The van der Waals surface area contributed by atoms with Crippen LogP contribution in [-0.4, -0.2) is 30.8 Å². The summed E-state index contributed by atoms with van der Waals surface area (Å²) < 4.78 is 5.52. The van der Waals surface area contributed by atoms with E-state index in [4.69, 9.17) is 4.74 Å². The Balaban J connectivity index is 2.09. The zero-order valence-electron chi connectivity index (χ0n) is 5.89. The van der Waals surface area contributed by atoms with Gasteiger partial charge in [-0.25, -0.2) is 0 Å². The van der Waals surface area contributed by atoms with Crippen LogP contribution in [0.4, 0.5) is 0 Å². The molecule has 0 amide bonds. The van der Waals surface area contributed by atoms with E-state index in [2.05, 4.69) is 11.9 Å². The molecule has 0 radical (unpaired) electrons. The van der Waals surface area contributed by atoms with Crippen molar-refractivity contribution < 1.29 is 4.74 Å². The van der Waals surface area contributed by atoms with Crippen molar-refractivity contribution in [1.82, 2.24) is 4.90 Å². The zero-order chi connectivity index (χ0) is 6.32. The second-order valence-electron chi connectivity index (χ2n) is 3.07. The summed E-state index contributed by atoms with van der Waals surface area (Å²) in [5.74, 6) is 0. The Kier molecular flexibility index (Phi) is 1.08. The van der Waals surface area contributed by atoms with Gasteiger partial charge in [-0.05, 0) is 19.9 Å². The maximum atomic E-state index is 5.52. The average Bonchev–Trinajstić information content (AvgIpc) is 2.07. The number of ether oxygens (including phenoxy) is 1. The fraction of sp³-hybridized carbons (Fsp3) is 1.00. The predicted molar refractivity (Wildman–Crippen MR) is 35.2 cm³/mol. The molecule has 1 spiro atoms. The van der Waals surface area contributed by atoms with Gasteiger partial charge in [0.25, 0.3) is 0 Å². The van der Waals surface area contributed by atoms with Crippen molar-refractivity contribution in [1.29, 1.82) is 0 Å². The van der Waals surface area contributed by atoms with Gasteiger partial charge in [0.2, 0.25) is 0 Å². The van der Waals surface area contributed by atoms with Crippen molar-refractivity contribution in [2.24, 2.45) is 0 Å². The highest BCUT2D eigenvalue weighted by Crippen LogP contribution is 2.38. The molecule has 52 valence electrons. The van der Waals surface area contributed by atoms with Crippen LogP contribution >= 0.6 is 0 Å². The molecule has 1 unspecified atom stereocenters. The Hall–Kier alpha value is -0.0800. The lowest BCUT2D eigenvalue weighted by molar-refractivity contribution is -0.213. The first-order chi connectivity index (χ1) is 4.33. The van der Waals surface area contributed by atoms with Gasteiger partial charge >= 0.3 is 0 Å². The summed E-state index contributed by atoms with van der Waals surface area (Å²) in [6.07, 6.45) is 3.82. The number of likely N-dealkylation sites (tertiary alicyclic amines) is 1. The molecule has 2 fully saturated rings. The van der Waals surface area contributed by atoms with E-state index < -0.39 is 0 Å². The summed E-state index contributed by atoms with van der Waals surface area (Å²) in [6.45, 7) is 2.20. The van der Waals surface area contributed by atoms with E-state index >= 15 is 0 Å². The molecule has 2 saturated heterocycles. The minimum atomic E-state index is 0.208. The van der Waals surface area contributed by atoms with E-state index in [1.807, 2.05) is 0 Å². The summed E-state index contributed by atoms with van der Waals surface area (Å²) in [5.41, 5.74) is 0.208. The lowest BCUT2D eigenvalue weighted by Crippen LogP contribution is -2.52.